The van der Waals surface area contributed by atoms with Gasteiger partial charge >= 0.3 is 0 Å². The Morgan fingerprint density at radius 2 is 2.29 bits per heavy atom. The molecular weight excluding hydrogens is 282 g/mol. The molecule has 96 valence electrons. The molecule has 1 aliphatic heterocycles. The Morgan fingerprint density at radius 1 is 1.53 bits per heavy atom. The molecule has 1 saturated heterocycles. The predicted molar refractivity (Wildman–Crippen MR) is 71.0 cm³/mol. The van der Waals surface area contributed by atoms with Crippen LogP contribution in [0.25, 0.3) is 0 Å². The molecule has 0 aliphatic carbocycles. The molecule has 4 nitrogen and oxygen atoms in total. The van der Waals surface area contributed by atoms with Gasteiger partial charge in [-0.3, -0.25) is 9.58 Å². The highest BCUT2D eigenvalue weighted by molar-refractivity contribution is 9.10. The van der Waals surface area contributed by atoms with Crippen molar-refractivity contribution in [3.63, 3.8) is 0 Å². The molecule has 2 rings (SSSR count). The summed E-state index contributed by atoms with van der Waals surface area (Å²) in [6.45, 7) is 11.0. The van der Waals surface area contributed by atoms with Crippen LogP contribution in [-0.4, -0.2) is 40.5 Å². The van der Waals surface area contributed by atoms with E-state index in [2.05, 4.69) is 44.5 Å². The van der Waals surface area contributed by atoms with Crippen LogP contribution in [-0.2, 0) is 17.8 Å². The molecule has 1 atom stereocenters. The number of halogens is 1. The van der Waals surface area contributed by atoms with Crippen LogP contribution in [0.1, 0.15) is 25.2 Å². The van der Waals surface area contributed by atoms with Crippen molar-refractivity contribution in [2.75, 3.05) is 19.7 Å². The second-order valence-electron chi connectivity index (χ2n) is 4.58. The van der Waals surface area contributed by atoms with E-state index in [4.69, 9.17) is 4.74 Å². The highest BCUT2D eigenvalue weighted by atomic mass is 79.9. The molecule has 0 bridgehead atoms. The summed E-state index contributed by atoms with van der Waals surface area (Å²) in [5.41, 5.74) is 2.35. The van der Waals surface area contributed by atoms with E-state index in [-0.39, 0.29) is 0 Å². The van der Waals surface area contributed by atoms with Gasteiger partial charge in [0, 0.05) is 26.2 Å². The van der Waals surface area contributed by atoms with Gasteiger partial charge in [0.05, 0.1) is 28.6 Å². The number of aromatic nitrogens is 2. The van der Waals surface area contributed by atoms with Crippen LogP contribution in [0.3, 0.4) is 0 Å². The lowest BCUT2D eigenvalue weighted by molar-refractivity contribution is -0.0220. The normalized spacial score (nSPS) is 22.0. The van der Waals surface area contributed by atoms with Crippen LogP contribution in [0.15, 0.2) is 4.47 Å². The van der Waals surface area contributed by atoms with Gasteiger partial charge in [-0.15, -0.1) is 0 Å². The first-order valence-corrected chi connectivity index (χ1v) is 6.96. The van der Waals surface area contributed by atoms with Crippen molar-refractivity contribution in [1.82, 2.24) is 14.7 Å². The Morgan fingerprint density at radius 3 is 2.94 bits per heavy atom. The monoisotopic (exact) mass is 301 g/mol. The van der Waals surface area contributed by atoms with Crippen LogP contribution in [0, 0.1) is 6.92 Å². The van der Waals surface area contributed by atoms with E-state index in [1.54, 1.807) is 0 Å². The summed E-state index contributed by atoms with van der Waals surface area (Å²) in [4.78, 5) is 2.43. The molecule has 17 heavy (non-hydrogen) atoms. The van der Waals surface area contributed by atoms with Crippen LogP contribution in [0.5, 0.6) is 0 Å². The molecule has 0 radical (unpaired) electrons. The third kappa shape index (κ3) is 2.89. The lowest BCUT2D eigenvalue weighted by Crippen LogP contribution is -2.40. The number of hydrogen-bond donors (Lipinski definition) is 0. The first-order valence-electron chi connectivity index (χ1n) is 6.17. The molecule has 1 aromatic heterocycles. The fourth-order valence-electron chi connectivity index (χ4n) is 2.27. The number of rotatable bonds is 3. The van der Waals surface area contributed by atoms with Gasteiger partial charge in [0.15, 0.2) is 0 Å². The average molecular weight is 302 g/mol. The fraction of sp³-hybridized carbons (Fsp3) is 0.750. The minimum atomic E-state index is 0.335. The van der Waals surface area contributed by atoms with Gasteiger partial charge in [0.2, 0.25) is 0 Å². The van der Waals surface area contributed by atoms with Gasteiger partial charge in [-0.25, -0.2) is 0 Å². The number of nitrogens with zero attached hydrogens (tertiary/aromatic N) is 3. The van der Waals surface area contributed by atoms with E-state index in [9.17, 15) is 0 Å². The molecule has 5 heteroatoms. The number of aryl methyl sites for hydroxylation is 2. The zero-order valence-electron chi connectivity index (χ0n) is 10.7. The van der Waals surface area contributed by atoms with Crippen molar-refractivity contribution in [3.8, 4) is 0 Å². The maximum atomic E-state index is 5.56. The van der Waals surface area contributed by atoms with Crippen molar-refractivity contribution in [3.05, 3.63) is 15.9 Å². The molecule has 0 saturated carbocycles. The molecule has 1 aromatic rings. The predicted octanol–water partition coefficient (Wildman–Crippen LogP) is 2.19. The van der Waals surface area contributed by atoms with E-state index < -0.39 is 0 Å². The Balaban J connectivity index is 2.12. The summed E-state index contributed by atoms with van der Waals surface area (Å²) < 4.78 is 8.80. The maximum absolute atomic E-state index is 5.56. The molecule has 0 amide bonds. The molecule has 0 aromatic carbocycles. The largest absolute Gasteiger partial charge is 0.376 e. The molecule has 0 spiro atoms. The van der Waals surface area contributed by atoms with E-state index >= 15 is 0 Å². The average Bonchev–Trinajstić information content (AvgIpc) is 2.57. The Bertz CT molecular complexity index is 391. The van der Waals surface area contributed by atoms with Crippen molar-refractivity contribution in [2.45, 2.75) is 40.0 Å². The van der Waals surface area contributed by atoms with Crippen LogP contribution >= 0.6 is 15.9 Å². The molecular formula is C12H20BrN3O. The van der Waals surface area contributed by atoms with E-state index in [0.29, 0.717) is 6.10 Å². The third-order valence-electron chi connectivity index (χ3n) is 3.15. The fourth-order valence-corrected chi connectivity index (χ4v) is 2.68. The minimum Gasteiger partial charge on any atom is -0.376 e. The molecule has 1 unspecified atom stereocenters. The van der Waals surface area contributed by atoms with Gasteiger partial charge in [0.25, 0.3) is 0 Å². The van der Waals surface area contributed by atoms with Gasteiger partial charge in [0.1, 0.15) is 0 Å². The summed E-state index contributed by atoms with van der Waals surface area (Å²) in [5.74, 6) is 0. The molecule has 2 heterocycles. The summed E-state index contributed by atoms with van der Waals surface area (Å²) in [7, 11) is 0. The summed E-state index contributed by atoms with van der Waals surface area (Å²) in [5, 5.41) is 4.53. The zero-order chi connectivity index (χ0) is 12.4. The maximum Gasteiger partial charge on any atom is 0.0739 e. The summed E-state index contributed by atoms with van der Waals surface area (Å²) in [6, 6.07) is 0. The zero-order valence-corrected chi connectivity index (χ0v) is 12.3. The molecule has 0 N–H and O–H groups in total. The topological polar surface area (TPSA) is 30.3 Å². The van der Waals surface area contributed by atoms with E-state index in [1.165, 1.54) is 5.69 Å². The van der Waals surface area contributed by atoms with Gasteiger partial charge < -0.3 is 4.74 Å². The van der Waals surface area contributed by atoms with E-state index in [1.807, 2.05) is 6.92 Å². The minimum absolute atomic E-state index is 0.335. The smallest absolute Gasteiger partial charge is 0.0739 e. The van der Waals surface area contributed by atoms with Crippen LogP contribution in [0.4, 0.5) is 0 Å². The number of morpholine rings is 1. The standard InChI is InChI=1S/C12H20BrN3O/c1-4-16-11(12(13)10(3)14-16)8-15-5-6-17-9(2)7-15/h9H,4-8H2,1-3H3. The Labute approximate surface area is 111 Å². The van der Waals surface area contributed by atoms with Crippen molar-refractivity contribution in [1.29, 1.82) is 0 Å². The summed E-state index contributed by atoms with van der Waals surface area (Å²) in [6.07, 6.45) is 0.335. The quantitative estimate of drug-likeness (QED) is 0.857. The number of hydrogen-bond acceptors (Lipinski definition) is 3. The highest BCUT2D eigenvalue weighted by Gasteiger charge is 2.20. The third-order valence-corrected chi connectivity index (χ3v) is 4.18. The number of ether oxygens (including phenoxy) is 1. The second kappa shape index (κ2) is 5.50. The second-order valence-corrected chi connectivity index (χ2v) is 5.37. The SMILES string of the molecule is CCn1nc(C)c(Br)c1CN1CCOC(C)C1. The van der Waals surface area contributed by atoms with Gasteiger partial charge in [-0.2, -0.15) is 5.10 Å². The molecule has 1 aliphatic rings. The Kier molecular flexibility index (Phi) is 4.22. The first kappa shape index (κ1) is 13.1. The van der Waals surface area contributed by atoms with E-state index in [0.717, 1.165) is 43.0 Å². The van der Waals surface area contributed by atoms with Gasteiger partial charge in [-0.05, 0) is 36.7 Å². The lowest BCUT2D eigenvalue weighted by atomic mass is 10.2. The van der Waals surface area contributed by atoms with Crippen LogP contribution < -0.4 is 0 Å². The highest BCUT2D eigenvalue weighted by Crippen LogP contribution is 2.23. The van der Waals surface area contributed by atoms with Crippen molar-refractivity contribution < 1.29 is 4.74 Å². The summed E-state index contributed by atoms with van der Waals surface area (Å²) >= 11 is 3.64. The van der Waals surface area contributed by atoms with Crippen LogP contribution in [0.2, 0.25) is 0 Å². The van der Waals surface area contributed by atoms with Crippen molar-refractivity contribution in [2.24, 2.45) is 0 Å². The lowest BCUT2D eigenvalue weighted by Gasteiger charge is -2.31. The molecule has 1 fully saturated rings. The van der Waals surface area contributed by atoms with Crippen molar-refractivity contribution >= 4 is 15.9 Å². The van der Waals surface area contributed by atoms with Gasteiger partial charge in [-0.1, -0.05) is 0 Å². The Hall–Kier alpha value is -0.390. The first-order chi connectivity index (χ1) is 8.11.